The van der Waals surface area contributed by atoms with Crippen molar-refractivity contribution < 1.29 is 19.1 Å². The second-order valence-electron chi connectivity index (χ2n) is 6.81. The van der Waals surface area contributed by atoms with E-state index in [1.165, 1.54) is 44.9 Å². The van der Waals surface area contributed by atoms with Crippen LogP contribution in [0.3, 0.4) is 0 Å². The van der Waals surface area contributed by atoms with Crippen LogP contribution in [0.15, 0.2) is 0 Å². The zero-order valence-corrected chi connectivity index (χ0v) is 16.8. The lowest BCUT2D eigenvalue weighted by Crippen LogP contribution is -2.11. The monoisotopic (exact) mass is 356 g/mol. The third-order valence-electron chi connectivity index (χ3n) is 4.64. The zero-order valence-electron chi connectivity index (χ0n) is 16.8. The molecule has 0 heterocycles. The van der Waals surface area contributed by atoms with Crippen molar-refractivity contribution in [2.45, 2.75) is 104 Å². The molecule has 0 bridgehead atoms. The molecule has 0 amide bonds. The largest absolute Gasteiger partial charge is 0.466 e. The molecule has 0 aromatic carbocycles. The van der Waals surface area contributed by atoms with Gasteiger partial charge in [0.15, 0.2) is 0 Å². The Morgan fingerprint density at radius 1 is 0.680 bits per heavy atom. The van der Waals surface area contributed by atoms with E-state index in [1.807, 2.05) is 13.8 Å². The van der Waals surface area contributed by atoms with Gasteiger partial charge in [-0.15, -0.1) is 0 Å². The molecule has 1 unspecified atom stereocenters. The van der Waals surface area contributed by atoms with Gasteiger partial charge in [0.1, 0.15) is 0 Å². The van der Waals surface area contributed by atoms with E-state index in [1.54, 1.807) is 0 Å². The molecular formula is C21H40O4. The number of hydrogen-bond donors (Lipinski definition) is 0. The van der Waals surface area contributed by atoms with Gasteiger partial charge >= 0.3 is 11.9 Å². The smallest absolute Gasteiger partial charge is 0.306 e. The van der Waals surface area contributed by atoms with Crippen LogP contribution in [0.4, 0.5) is 0 Å². The van der Waals surface area contributed by atoms with E-state index in [9.17, 15) is 9.59 Å². The first-order chi connectivity index (χ1) is 12.1. The summed E-state index contributed by atoms with van der Waals surface area (Å²) < 4.78 is 9.95. The first-order valence-corrected chi connectivity index (χ1v) is 10.4. The molecule has 0 aromatic heterocycles. The molecule has 0 rings (SSSR count). The Balaban J connectivity index is 3.37. The molecule has 0 N–H and O–H groups in total. The van der Waals surface area contributed by atoms with Crippen LogP contribution in [0.1, 0.15) is 104 Å². The number of rotatable bonds is 17. The quantitative estimate of drug-likeness (QED) is 0.243. The predicted molar refractivity (Wildman–Crippen MR) is 102 cm³/mol. The highest BCUT2D eigenvalue weighted by atomic mass is 16.5. The summed E-state index contributed by atoms with van der Waals surface area (Å²) >= 11 is 0. The summed E-state index contributed by atoms with van der Waals surface area (Å²) in [6, 6.07) is 0. The summed E-state index contributed by atoms with van der Waals surface area (Å²) in [7, 11) is 0. The predicted octanol–water partition coefficient (Wildman–Crippen LogP) is 5.82. The van der Waals surface area contributed by atoms with Crippen LogP contribution in [0.5, 0.6) is 0 Å². The van der Waals surface area contributed by atoms with Crippen LogP contribution >= 0.6 is 0 Å². The maximum absolute atomic E-state index is 11.5. The molecule has 0 aliphatic rings. The van der Waals surface area contributed by atoms with E-state index in [4.69, 9.17) is 9.47 Å². The maximum Gasteiger partial charge on any atom is 0.306 e. The van der Waals surface area contributed by atoms with Gasteiger partial charge in [0.25, 0.3) is 0 Å². The third kappa shape index (κ3) is 16.2. The molecule has 0 radical (unpaired) electrons. The normalized spacial score (nSPS) is 12.0. The van der Waals surface area contributed by atoms with Crippen LogP contribution in [-0.2, 0) is 19.1 Å². The fraction of sp³-hybridized carbons (Fsp3) is 0.905. The minimum atomic E-state index is -0.0594. The maximum atomic E-state index is 11.5. The van der Waals surface area contributed by atoms with E-state index < -0.39 is 0 Å². The van der Waals surface area contributed by atoms with Crippen molar-refractivity contribution in [1.29, 1.82) is 0 Å². The van der Waals surface area contributed by atoms with Gasteiger partial charge in [-0.2, -0.15) is 0 Å². The molecule has 0 aromatic rings. The number of unbranched alkanes of at least 4 members (excludes halogenated alkanes) is 8. The molecule has 4 heteroatoms. The van der Waals surface area contributed by atoms with Gasteiger partial charge in [0, 0.05) is 12.8 Å². The van der Waals surface area contributed by atoms with Crippen LogP contribution in [0.25, 0.3) is 0 Å². The van der Waals surface area contributed by atoms with E-state index in [-0.39, 0.29) is 11.9 Å². The highest BCUT2D eigenvalue weighted by Gasteiger charge is 2.12. The highest BCUT2D eigenvalue weighted by molar-refractivity contribution is 5.69. The van der Waals surface area contributed by atoms with Crippen molar-refractivity contribution >= 4 is 11.9 Å². The second kappa shape index (κ2) is 17.8. The van der Waals surface area contributed by atoms with Gasteiger partial charge in [-0.1, -0.05) is 64.7 Å². The molecular weight excluding hydrogens is 316 g/mol. The molecule has 1 atom stereocenters. The van der Waals surface area contributed by atoms with Crippen molar-refractivity contribution in [3.05, 3.63) is 0 Å². The minimum Gasteiger partial charge on any atom is -0.466 e. The van der Waals surface area contributed by atoms with E-state index in [0.29, 0.717) is 32.0 Å². The summed E-state index contributed by atoms with van der Waals surface area (Å²) in [6.07, 6.45) is 14.3. The first kappa shape index (κ1) is 23.9. The molecule has 0 saturated heterocycles. The Labute approximate surface area is 155 Å². The molecule has 4 nitrogen and oxygen atoms in total. The Morgan fingerprint density at radius 2 is 1.16 bits per heavy atom. The lowest BCUT2D eigenvalue weighted by molar-refractivity contribution is -0.144. The van der Waals surface area contributed by atoms with Crippen molar-refractivity contribution in [2.75, 3.05) is 13.2 Å². The Kier molecular flexibility index (Phi) is 17.0. The second-order valence-corrected chi connectivity index (χ2v) is 6.81. The van der Waals surface area contributed by atoms with E-state index in [2.05, 4.69) is 6.92 Å². The Bertz CT molecular complexity index is 328. The van der Waals surface area contributed by atoms with Crippen molar-refractivity contribution in [3.8, 4) is 0 Å². The van der Waals surface area contributed by atoms with Gasteiger partial charge < -0.3 is 9.47 Å². The number of ether oxygens (including phenoxy) is 2. The average molecular weight is 357 g/mol. The first-order valence-electron chi connectivity index (χ1n) is 10.4. The topological polar surface area (TPSA) is 52.6 Å². The average Bonchev–Trinajstić information content (AvgIpc) is 2.59. The van der Waals surface area contributed by atoms with Gasteiger partial charge in [-0.25, -0.2) is 0 Å². The minimum absolute atomic E-state index is 0.0442. The number of esters is 2. The molecule has 0 aliphatic heterocycles. The summed E-state index contributed by atoms with van der Waals surface area (Å²) in [6.45, 7) is 6.84. The fourth-order valence-corrected chi connectivity index (χ4v) is 3.08. The van der Waals surface area contributed by atoms with Crippen molar-refractivity contribution in [1.82, 2.24) is 0 Å². The van der Waals surface area contributed by atoms with E-state index >= 15 is 0 Å². The summed E-state index contributed by atoms with van der Waals surface area (Å²) in [5.41, 5.74) is 0. The third-order valence-corrected chi connectivity index (χ3v) is 4.64. The number of carbonyl (C=O) groups excluding carboxylic acids is 2. The standard InChI is InChI=1S/C21H40O4/c1-4-19(18-21(23)25-6-3)16-14-12-10-8-7-9-11-13-15-17-20(22)24-5-2/h19H,4-18H2,1-3H3. The molecule has 0 fully saturated rings. The van der Waals surface area contributed by atoms with Crippen molar-refractivity contribution in [3.63, 3.8) is 0 Å². The lowest BCUT2D eigenvalue weighted by Gasteiger charge is -2.13. The number of hydrogen-bond acceptors (Lipinski definition) is 4. The van der Waals surface area contributed by atoms with Gasteiger partial charge in [0.2, 0.25) is 0 Å². The van der Waals surface area contributed by atoms with Gasteiger partial charge in [0.05, 0.1) is 13.2 Å². The van der Waals surface area contributed by atoms with Crippen LogP contribution < -0.4 is 0 Å². The summed E-state index contributed by atoms with van der Waals surface area (Å²) in [4.78, 5) is 22.7. The molecule has 25 heavy (non-hydrogen) atoms. The van der Waals surface area contributed by atoms with Crippen LogP contribution in [0, 0.1) is 5.92 Å². The zero-order chi connectivity index (χ0) is 18.8. The van der Waals surface area contributed by atoms with Crippen LogP contribution in [-0.4, -0.2) is 25.2 Å². The summed E-state index contributed by atoms with van der Waals surface area (Å²) in [5, 5.41) is 0. The Hall–Kier alpha value is -1.06. The summed E-state index contributed by atoms with van der Waals surface area (Å²) in [5.74, 6) is 0.381. The van der Waals surface area contributed by atoms with Crippen molar-refractivity contribution in [2.24, 2.45) is 5.92 Å². The molecule has 148 valence electrons. The van der Waals surface area contributed by atoms with Gasteiger partial charge in [-0.05, 0) is 32.6 Å². The Morgan fingerprint density at radius 3 is 1.68 bits per heavy atom. The number of carbonyl (C=O) groups is 2. The molecule has 0 saturated carbocycles. The molecule has 0 aliphatic carbocycles. The SMILES string of the molecule is CCOC(=O)CCCCCCCCCCCC(CC)CC(=O)OCC. The highest BCUT2D eigenvalue weighted by Crippen LogP contribution is 2.19. The molecule has 0 spiro atoms. The van der Waals surface area contributed by atoms with E-state index in [0.717, 1.165) is 25.7 Å². The lowest BCUT2D eigenvalue weighted by atomic mass is 9.95. The van der Waals surface area contributed by atoms with Crippen LogP contribution in [0.2, 0.25) is 0 Å². The fourth-order valence-electron chi connectivity index (χ4n) is 3.08. The van der Waals surface area contributed by atoms with Gasteiger partial charge in [-0.3, -0.25) is 9.59 Å².